The van der Waals surface area contributed by atoms with Crippen LogP contribution < -0.4 is 10.1 Å². The second-order valence-corrected chi connectivity index (χ2v) is 7.41. The van der Waals surface area contributed by atoms with Crippen LogP contribution in [0.4, 0.5) is 5.69 Å². The first-order valence-electron chi connectivity index (χ1n) is 9.44. The minimum Gasteiger partial charge on any atom is -0.493 e. The van der Waals surface area contributed by atoms with Crippen molar-refractivity contribution in [2.45, 2.75) is 20.3 Å². The van der Waals surface area contributed by atoms with Crippen LogP contribution >= 0.6 is 11.3 Å². The molecule has 0 aliphatic heterocycles. The maximum Gasteiger partial charge on any atom is 0.230 e. The summed E-state index contributed by atoms with van der Waals surface area (Å²) >= 11 is 1.50. The van der Waals surface area contributed by atoms with E-state index in [1.54, 1.807) is 4.68 Å². The summed E-state index contributed by atoms with van der Waals surface area (Å²) in [7, 11) is 0. The molecule has 4 aromatic rings. The fraction of sp³-hybridized carbons (Fsp3) is 0.190. The summed E-state index contributed by atoms with van der Waals surface area (Å²) in [6, 6.07) is 13.4. The highest BCUT2D eigenvalue weighted by molar-refractivity contribution is 7.13. The van der Waals surface area contributed by atoms with Crippen LogP contribution in [0.5, 0.6) is 5.75 Å². The number of rotatable bonds is 7. The molecule has 2 aromatic heterocycles. The molecule has 0 aliphatic carbocycles. The van der Waals surface area contributed by atoms with Gasteiger partial charge in [0.25, 0.3) is 0 Å². The van der Waals surface area contributed by atoms with Crippen molar-refractivity contribution >= 4 is 22.9 Å². The van der Waals surface area contributed by atoms with Crippen molar-refractivity contribution in [2.75, 3.05) is 11.9 Å². The zero-order chi connectivity index (χ0) is 20.9. The Morgan fingerprint density at radius 1 is 1.23 bits per heavy atom. The number of nitrogens with one attached hydrogen (secondary N) is 1. The van der Waals surface area contributed by atoms with E-state index in [1.165, 1.54) is 17.7 Å². The molecule has 152 valence electrons. The molecule has 1 amide bonds. The molecule has 30 heavy (non-hydrogen) atoms. The highest BCUT2D eigenvalue weighted by atomic mass is 32.1. The molecule has 2 heterocycles. The van der Waals surface area contributed by atoms with E-state index in [0.717, 1.165) is 27.6 Å². The summed E-state index contributed by atoms with van der Waals surface area (Å²) in [6.07, 6.45) is 1.70. The van der Waals surface area contributed by atoms with Gasteiger partial charge in [0.15, 0.2) is 0 Å². The van der Waals surface area contributed by atoms with Crippen LogP contribution in [-0.2, 0) is 11.2 Å². The Morgan fingerprint density at radius 3 is 2.90 bits per heavy atom. The fourth-order valence-corrected chi connectivity index (χ4v) is 3.86. The van der Waals surface area contributed by atoms with Crippen molar-refractivity contribution in [3.8, 4) is 22.0 Å². The standard InChI is InChI=1S/C21H20N6O2S/c1-3-29-19-7-5-4-6-17(19)21-24-16(12-30-21)11-20(28)23-15-9-8-14(2)18(10-15)27-13-22-25-26-27/h4-10,12-13H,3,11H2,1-2H3,(H,23,28). The van der Waals surface area contributed by atoms with Crippen molar-refractivity contribution in [2.24, 2.45) is 0 Å². The molecule has 8 nitrogen and oxygen atoms in total. The number of para-hydroxylation sites is 1. The minimum absolute atomic E-state index is 0.142. The average Bonchev–Trinajstić information content (AvgIpc) is 3.42. The molecule has 1 N–H and O–H groups in total. The van der Waals surface area contributed by atoms with E-state index < -0.39 is 0 Å². The van der Waals surface area contributed by atoms with E-state index in [1.807, 2.05) is 61.7 Å². The summed E-state index contributed by atoms with van der Waals surface area (Å²) < 4.78 is 7.25. The number of anilines is 1. The first-order valence-corrected chi connectivity index (χ1v) is 10.3. The number of thiazole rings is 1. The van der Waals surface area contributed by atoms with Crippen LogP contribution in [0.1, 0.15) is 18.2 Å². The Balaban J connectivity index is 1.47. The van der Waals surface area contributed by atoms with Crippen LogP contribution in [0.2, 0.25) is 0 Å². The Kier molecular flexibility index (Phi) is 5.80. The van der Waals surface area contributed by atoms with Crippen molar-refractivity contribution in [3.05, 3.63) is 65.4 Å². The first-order chi connectivity index (χ1) is 14.6. The lowest BCUT2D eigenvalue weighted by Crippen LogP contribution is -2.15. The Bertz CT molecular complexity index is 1160. The maximum absolute atomic E-state index is 12.6. The third-order valence-electron chi connectivity index (χ3n) is 4.40. The molecule has 0 bridgehead atoms. The van der Waals surface area contributed by atoms with Crippen LogP contribution in [0.25, 0.3) is 16.3 Å². The zero-order valence-electron chi connectivity index (χ0n) is 16.6. The lowest BCUT2D eigenvalue weighted by Gasteiger charge is -2.09. The van der Waals surface area contributed by atoms with Gasteiger partial charge in [0.2, 0.25) is 5.91 Å². The summed E-state index contributed by atoms with van der Waals surface area (Å²) in [6.45, 7) is 4.49. The van der Waals surface area contributed by atoms with Gasteiger partial charge in [-0.1, -0.05) is 18.2 Å². The van der Waals surface area contributed by atoms with E-state index in [-0.39, 0.29) is 12.3 Å². The quantitative estimate of drug-likeness (QED) is 0.490. The molecular weight excluding hydrogens is 400 g/mol. The van der Waals surface area contributed by atoms with Crippen molar-refractivity contribution in [1.82, 2.24) is 25.2 Å². The SMILES string of the molecule is CCOc1ccccc1-c1nc(CC(=O)Nc2ccc(C)c(-n3cnnn3)c2)cs1. The van der Waals surface area contributed by atoms with Crippen LogP contribution in [0.15, 0.2) is 54.2 Å². The molecule has 0 unspecified atom stereocenters. The molecule has 0 spiro atoms. The Morgan fingerprint density at radius 2 is 2.10 bits per heavy atom. The highest BCUT2D eigenvalue weighted by Gasteiger charge is 2.13. The molecule has 0 aliphatic rings. The number of carbonyl (C=O) groups is 1. The number of hydrogen-bond acceptors (Lipinski definition) is 7. The number of amides is 1. The normalized spacial score (nSPS) is 10.7. The van der Waals surface area contributed by atoms with E-state index in [4.69, 9.17) is 4.74 Å². The molecule has 0 fully saturated rings. The van der Waals surface area contributed by atoms with Crippen molar-refractivity contribution < 1.29 is 9.53 Å². The van der Waals surface area contributed by atoms with Gasteiger partial charge >= 0.3 is 0 Å². The number of tetrazole rings is 1. The predicted octanol–water partition coefficient (Wildman–Crippen LogP) is 3.67. The van der Waals surface area contributed by atoms with E-state index in [9.17, 15) is 4.79 Å². The maximum atomic E-state index is 12.6. The molecule has 0 radical (unpaired) electrons. The number of benzene rings is 2. The monoisotopic (exact) mass is 420 g/mol. The Labute approximate surface area is 177 Å². The lowest BCUT2D eigenvalue weighted by molar-refractivity contribution is -0.115. The second kappa shape index (κ2) is 8.83. The van der Waals surface area contributed by atoms with Crippen LogP contribution in [-0.4, -0.2) is 37.7 Å². The third kappa shape index (κ3) is 4.36. The number of hydrogen-bond donors (Lipinski definition) is 1. The van der Waals surface area contributed by atoms with Gasteiger partial charge in [0.05, 0.1) is 30.0 Å². The number of aryl methyl sites for hydroxylation is 1. The lowest BCUT2D eigenvalue weighted by atomic mass is 10.1. The van der Waals surface area contributed by atoms with Gasteiger partial charge in [-0.05, 0) is 54.1 Å². The van der Waals surface area contributed by atoms with Crippen LogP contribution in [0.3, 0.4) is 0 Å². The largest absolute Gasteiger partial charge is 0.493 e. The predicted molar refractivity (Wildman–Crippen MR) is 115 cm³/mol. The zero-order valence-corrected chi connectivity index (χ0v) is 17.4. The summed E-state index contributed by atoms with van der Waals surface area (Å²) in [4.78, 5) is 17.2. The average molecular weight is 420 g/mol. The number of ether oxygens (including phenoxy) is 1. The van der Waals surface area contributed by atoms with E-state index in [0.29, 0.717) is 18.0 Å². The van der Waals surface area contributed by atoms with Gasteiger partial charge < -0.3 is 10.1 Å². The number of nitrogens with zero attached hydrogens (tertiary/aromatic N) is 5. The van der Waals surface area contributed by atoms with Gasteiger partial charge in [-0.2, -0.15) is 0 Å². The summed E-state index contributed by atoms with van der Waals surface area (Å²) in [5, 5.41) is 16.9. The molecule has 0 saturated heterocycles. The third-order valence-corrected chi connectivity index (χ3v) is 5.32. The molecule has 0 saturated carbocycles. The molecule has 9 heteroatoms. The van der Waals surface area contributed by atoms with Gasteiger partial charge in [0, 0.05) is 11.1 Å². The van der Waals surface area contributed by atoms with Gasteiger partial charge in [-0.15, -0.1) is 16.4 Å². The summed E-state index contributed by atoms with van der Waals surface area (Å²) in [5.41, 5.74) is 4.12. The molecule has 0 atom stereocenters. The number of carbonyl (C=O) groups excluding carboxylic acids is 1. The topological polar surface area (TPSA) is 94.8 Å². The van der Waals surface area contributed by atoms with Crippen molar-refractivity contribution in [3.63, 3.8) is 0 Å². The highest BCUT2D eigenvalue weighted by Crippen LogP contribution is 2.32. The van der Waals surface area contributed by atoms with Gasteiger partial charge in [-0.3, -0.25) is 4.79 Å². The van der Waals surface area contributed by atoms with E-state index in [2.05, 4.69) is 25.8 Å². The van der Waals surface area contributed by atoms with Gasteiger partial charge in [-0.25, -0.2) is 9.67 Å². The summed E-state index contributed by atoms with van der Waals surface area (Å²) in [5.74, 6) is 0.650. The fourth-order valence-electron chi connectivity index (χ4n) is 3.01. The van der Waals surface area contributed by atoms with Gasteiger partial charge in [0.1, 0.15) is 17.1 Å². The van der Waals surface area contributed by atoms with E-state index >= 15 is 0 Å². The molecule has 2 aromatic carbocycles. The second-order valence-electron chi connectivity index (χ2n) is 6.55. The van der Waals surface area contributed by atoms with Crippen LogP contribution in [0, 0.1) is 6.92 Å². The molecule has 4 rings (SSSR count). The van der Waals surface area contributed by atoms with Crippen molar-refractivity contribution in [1.29, 1.82) is 0 Å². The Hall–Kier alpha value is -3.59. The smallest absolute Gasteiger partial charge is 0.230 e. The first kappa shape index (κ1) is 19.7. The number of aromatic nitrogens is 5. The molecular formula is C21H20N6O2S. The minimum atomic E-state index is -0.142.